The van der Waals surface area contributed by atoms with E-state index in [4.69, 9.17) is 19.9 Å². The van der Waals surface area contributed by atoms with Crippen LogP contribution in [-0.2, 0) is 11.3 Å². The second kappa shape index (κ2) is 6.89. The predicted molar refractivity (Wildman–Crippen MR) is 95.6 cm³/mol. The van der Waals surface area contributed by atoms with Crippen molar-refractivity contribution in [2.45, 2.75) is 45.4 Å². The molecular formula is C18H29N3O3. The van der Waals surface area contributed by atoms with Gasteiger partial charge in [0.2, 0.25) is 0 Å². The lowest BCUT2D eigenvalue weighted by molar-refractivity contribution is -0.176. The number of rotatable bonds is 6. The number of ether oxygens (including phenoxy) is 3. The van der Waals surface area contributed by atoms with Crippen LogP contribution < -0.4 is 20.5 Å². The van der Waals surface area contributed by atoms with Crippen LogP contribution in [0.25, 0.3) is 0 Å². The Labute approximate surface area is 144 Å². The summed E-state index contributed by atoms with van der Waals surface area (Å²) in [7, 11) is 4.99. The van der Waals surface area contributed by atoms with Crippen LogP contribution in [-0.4, -0.2) is 38.9 Å². The third-order valence-corrected chi connectivity index (χ3v) is 5.48. The Hall–Kier alpha value is -1.95. The topological polar surface area (TPSA) is 78.1 Å². The quantitative estimate of drug-likeness (QED) is 0.616. The molecule has 0 amide bonds. The molecule has 1 saturated carbocycles. The molecule has 24 heavy (non-hydrogen) atoms. The van der Waals surface area contributed by atoms with Gasteiger partial charge in [0.15, 0.2) is 17.5 Å². The van der Waals surface area contributed by atoms with E-state index in [1.54, 1.807) is 21.3 Å². The molecule has 1 aromatic carbocycles. The number of nitrogens with one attached hydrogen (secondary N) is 1. The van der Waals surface area contributed by atoms with Crippen molar-refractivity contribution in [3.63, 3.8) is 0 Å². The van der Waals surface area contributed by atoms with Crippen LogP contribution >= 0.6 is 0 Å². The summed E-state index contributed by atoms with van der Waals surface area (Å²) < 4.78 is 16.2. The molecule has 0 spiro atoms. The number of nitrogens with zero attached hydrogens (tertiary/aromatic N) is 1. The average Bonchev–Trinajstić information content (AvgIpc) is 2.58. The zero-order chi connectivity index (χ0) is 18.0. The highest BCUT2D eigenvalue weighted by Gasteiger charge is 2.57. The molecule has 2 rings (SSSR count). The molecule has 134 valence electrons. The standard InChI is InChI=1S/C18H29N3O3/c1-17(2)15(10-18(17,3)24-6)21-16(19)20-11-12-7-8-13(22-4)14(9-12)23-5/h7-9,15H,10-11H2,1-6H3,(H3,19,20,21). The molecule has 6 nitrogen and oxygen atoms in total. The summed E-state index contributed by atoms with van der Waals surface area (Å²) in [5.41, 5.74) is 6.92. The van der Waals surface area contributed by atoms with Crippen molar-refractivity contribution in [1.29, 1.82) is 0 Å². The van der Waals surface area contributed by atoms with E-state index in [-0.39, 0.29) is 17.1 Å². The number of nitrogens with two attached hydrogens (primary N) is 1. The molecule has 1 fully saturated rings. The molecule has 0 aliphatic heterocycles. The SMILES string of the molecule is COc1ccc(CN=C(N)NC2CC(C)(OC)C2(C)C)cc1OC. The summed E-state index contributed by atoms with van der Waals surface area (Å²) >= 11 is 0. The van der Waals surface area contributed by atoms with Gasteiger partial charge in [-0.3, -0.25) is 0 Å². The molecular weight excluding hydrogens is 306 g/mol. The minimum Gasteiger partial charge on any atom is -0.493 e. The van der Waals surface area contributed by atoms with Gasteiger partial charge in [0, 0.05) is 18.6 Å². The van der Waals surface area contributed by atoms with Gasteiger partial charge in [0.25, 0.3) is 0 Å². The van der Waals surface area contributed by atoms with Gasteiger partial charge in [-0.25, -0.2) is 4.99 Å². The average molecular weight is 335 g/mol. The first-order valence-corrected chi connectivity index (χ1v) is 8.10. The van der Waals surface area contributed by atoms with E-state index in [0.717, 1.165) is 12.0 Å². The molecule has 3 N–H and O–H groups in total. The lowest BCUT2D eigenvalue weighted by Gasteiger charge is -2.59. The third-order valence-electron chi connectivity index (χ3n) is 5.48. The largest absolute Gasteiger partial charge is 0.493 e. The van der Waals surface area contributed by atoms with E-state index < -0.39 is 0 Å². The summed E-state index contributed by atoms with van der Waals surface area (Å²) in [6, 6.07) is 5.97. The number of guanidine groups is 1. The monoisotopic (exact) mass is 335 g/mol. The fourth-order valence-corrected chi connectivity index (χ4v) is 3.10. The molecule has 0 aromatic heterocycles. The van der Waals surface area contributed by atoms with Gasteiger partial charge in [-0.1, -0.05) is 19.9 Å². The second-order valence-electron chi connectivity index (χ2n) is 6.95. The Kier molecular flexibility index (Phi) is 5.28. The van der Waals surface area contributed by atoms with E-state index in [2.05, 4.69) is 31.1 Å². The molecule has 0 saturated heterocycles. The van der Waals surface area contributed by atoms with Crippen molar-refractivity contribution in [2.24, 2.45) is 16.1 Å². The molecule has 0 radical (unpaired) electrons. The van der Waals surface area contributed by atoms with Crippen LogP contribution in [0.5, 0.6) is 11.5 Å². The molecule has 1 aromatic rings. The van der Waals surface area contributed by atoms with Crippen molar-refractivity contribution < 1.29 is 14.2 Å². The minimum atomic E-state index is -0.131. The number of benzene rings is 1. The van der Waals surface area contributed by atoms with Crippen molar-refractivity contribution in [3.8, 4) is 11.5 Å². The Bertz CT molecular complexity index is 616. The van der Waals surface area contributed by atoms with Crippen molar-refractivity contribution in [3.05, 3.63) is 23.8 Å². The zero-order valence-corrected chi connectivity index (χ0v) is 15.5. The number of aliphatic imine (C=N–C) groups is 1. The third kappa shape index (κ3) is 3.29. The zero-order valence-electron chi connectivity index (χ0n) is 15.5. The fourth-order valence-electron chi connectivity index (χ4n) is 3.10. The van der Waals surface area contributed by atoms with E-state index in [1.165, 1.54) is 0 Å². The number of hydrogen-bond donors (Lipinski definition) is 2. The van der Waals surface area contributed by atoms with Gasteiger partial charge >= 0.3 is 0 Å². The second-order valence-corrected chi connectivity index (χ2v) is 6.95. The molecule has 0 bridgehead atoms. The van der Waals surface area contributed by atoms with Crippen molar-refractivity contribution >= 4 is 5.96 Å². The molecule has 2 atom stereocenters. The van der Waals surface area contributed by atoms with E-state index in [9.17, 15) is 0 Å². The summed E-state index contributed by atoms with van der Waals surface area (Å²) in [5, 5.41) is 3.31. The van der Waals surface area contributed by atoms with Crippen LogP contribution in [0.15, 0.2) is 23.2 Å². The van der Waals surface area contributed by atoms with Crippen molar-refractivity contribution in [2.75, 3.05) is 21.3 Å². The van der Waals surface area contributed by atoms with Crippen LogP contribution in [0.1, 0.15) is 32.8 Å². The summed E-state index contributed by atoms with van der Waals surface area (Å²) in [6.07, 6.45) is 0.906. The van der Waals surface area contributed by atoms with Gasteiger partial charge < -0.3 is 25.3 Å². The van der Waals surface area contributed by atoms with Crippen LogP contribution in [0.2, 0.25) is 0 Å². The smallest absolute Gasteiger partial charge is 0.189 e. The maximum atomic E-state index is 6.05. The molecule has 6 heteroatoms. The number of hydrogen-bond acceptors (Lipinski definition) is 4. The number of methoxy groups -OCH3 is 3. The van der Waals surface area contributed by atoms with Gasteiger partial charge in [-0.15, -0.1) is 0 Å². The highest BCUT2D eigenvalue weighted by Crippen LogP contribution is 2.51. The normalized spacial score (nSPS) is 25.8. The molecule has 0 heterocycles. The highest BCUT2D eigenvalue weighted by molar-refractivity contribution is 5.78. The Morgan fingerprint density at radius 1 is 1.21 bits per heavy atom. The van der Waals surface area contributed by atoms with Crippen LogP contribution in [0, 0.1) is 5.41 Å². The van der Waals surface area contributed by atoms with Crippen LogP contribution in [0.4, 0.5) is 0 Å². The molecule has 1 aliphatic rings. The molecule has 2 unspecified atom stereocenters. The van der Waals surface area contributed by atoms with E-state index in [1.807, 2.05) is 18.2 Å². The van der Waals surface area contributed by atoms with Gasteiger partial charge in [-0.2, -0.15) is 0 Å². The van der Waals surface area contributed by atoms with E-state index >= 15 is 0 Å². The van der Waals surface area contributed by atoms with E-state index in [0.29, 0.717) is 24.0 Å². The van der Waals surface area contributed by atoms with Crippen LogP contribution in [0.3, 0.4) is 0 Å². The van der Waals surface area contributed by atoms with Gasteiger partial charge in [0.05, 0.1) is 26.4 Å². The first kappa shape index (κ1) is 18.4. The fraction of sp³-hybridized carbons (Fsp3) is 0.611. The van der Waals surface area contributed by atoms with Gasteiger partial charge in [-0.05, 0) is 31.0 Å². The first-order valence-electron chi connectivity index (χ1n) is 8.10. The highest BCUT2D eigenvalue weighted by atomic mass is 16.5. The summed E-state index contributed by atoms with van der Waals surface area (Å²) in [4.78, 5) is 4.43. The summed E-state index contributed by atoms with van der Waals surface area (Å²) in [5.74, 6) is 1.83. The predicted octanol–water partition coefficient (Wildman–Crippen LogP) is 2.31. The minimum absolute atomic E-state index is 0.00871. The lowest BCUT2D eigenvalue weighted by atomic mass is 9.56. The Balaban J connectivity index is 1.98. The van der Waals surface area contributed by atoms with Gasteiger partial charge in [0.1, 0.15) is 0 Å². The summed E-state index contributed by atoms with van der Waals surface area (Å²) in [6.45, 7) is 6.97. The maximum Gasteiger partial charge on any atom is 0.189 e. The first-order chi connectivity index (χ1) is 11.3. The Morgan fingerprint density at radius 3 is 2.42 bits per heavy atom. The Morgan fingerprint density at radius 2 is 1.88 bits per heavy atom. The molecule has 1 aliphatic carbocycles. The lowest BCUT2D eigenvalue weighted by Crippen LogP contribution is -2.69. The van der Waals surface area contributed by atoms with Crippen molar-refractivity contribution in [1.82, 2.24) is 5.32 Å². The maximum absolute atomic E-state index is 6.05.